The van der Waals surface area contributed by atoms with Gasteiger partial charge in [0.05, 0.1) is 6.54 Å². The first-order chi connectivity index (χ1) is 10.2. The molecule has 0 fully saturated rings. The Morgan fingerprint density at radius 3 is 2.67 bits per heavy atom. The molecule has 21 heavy (non-hydrogen) atoms. The van der Waals surface area contributed by atoms with Gasteiger partial charge < -0.3 is 0 Å². The van der Waals surface area contributed by atoms with Crippen LogP contribution in [0.5, 0.6) is 0 Å². The van der Waals surface area contributed by atoms with Crippen LogP contribution in [0.4, 0.5) is 5.82 Å². The van der Waals surface area contributed by atoms with E-state index in [-0.39, 0.29) is 5.91 Å². The van der Waals surface area contributed by atoms with Gasteiger partial charge in [0.1, 0.15) is 11.6 Å². The fourth-order valence-corrected chi connectivity index (χ4v) is 2.63. The first kappa shape index (κ1) is 13.7. The molecule has 0 unspecified atom stereocenters. The quantitative estimate of drug-likeness (QED) is 0.866. The van der Waals surface area contributed by atoms with Crippen molar-refractivity contribution < 1.29 is 4.79 Å². The van der Waals surface area contributed by atoms with Gasteiger partial charge in [-0.1, -0.05) is 6.92 Å². The number of hydrogen-bond donors (Lipinski definition) is 0. The molecule has 5 heteroatoms. The average molecular weight is 282 g/mol. The molecule has 0 aliphatic carbocycles. The minimum atomic E-state index is 0.125. The molecule has 0 atom stereocenters. The molecular weight excluding hydrogens is 264 g/mol. The lowest BCUT2D eigenvalue weighted by atomic mass is 10.0. The number of aromatic nitrogens is 3. The maximum Gasteiger partial charge on any atom is 0.228 e. The second-order valence-electron chi connectivity index (χ2n) is 5.22. The van der Waals surface area contributed by atoms with Crippen LogP contribution in [-0.2, 0) is 24.2 Å². The zero-order valence-electron chi connectivity index (χ0n) is 12.3. The van der Waals surface area contributed by atoms with Crippen LogP contribution in [0.2, 0.25) is 0 Å². The van der Waals surface area contributed by atoms with Crippen molar-refractivity contribution in [1.29, 1.82) is 0 Å². The molecule has 0 N–H and O–H groups in total. The highest BCUT2D eigenvalue weighted by Gasteiger charge is 2.27. The fraction of sp³-hybridized carbons (Fsp3) is 0.375. The summed E-state index contributed by atoms with van der Waals surface area (Å²) in [5.41, 5.74) is 3.14. The number of rotatable bonds is 3. The summed E-state index contributed by atoms with van der Waals surface area (Å²) >= 11 is 0. The Hall–Kier alpha value is -2.30. The van der Waals surface area contributed by atoms with E-state index in [1.54, 1.807) is 17.3 Å². The number of amides is 1. The summed E-state index contributed by atoms with van der Waals surface area (Å²) in [6, 6.07) is 3.85. The van der Waals surface area contributed by atoms with Crippen molar-refractivity contribution in [3.8, 4) is 0 Å². The number of nitrogens with zero attached hydrogens (tertiary/aromatic N) is 4. The number of pyridine rings is 1. The van der Waals surface area contributed by atoms with Crippen molar-refractivity contribution in [1.82, 2.24) is 15.0 Å². The first-order valence-corrected chi connectivity index (χ1v) is 7.24. The second kappa shape index (κ2) is 5.60. The molecule has 0 saturated heterocycles. The number of anilines is 1. The van der Waals surface area contributed by atoms with Crippen LogP contribution in [0.25, 0.3) is 0 Å². The summed E-state index contributed by atoms with van der Waals surface area (Å²) in [6.07, 6.45) is 5.51. The first-order valence-electron chi connectivity index (χ1n) is 7.24. The highest BCUT2D eigenvalue weighted by molar-refractivity contribution is 5.95. The van der Waals surface area contributed by atoms with Gasteiger partial charge in [0, 0.05) is 36.5 Å². The van der Waals surface area contributed by atoms with Crippen molar-refractivity contribution in [3.63, 3.8) is 0 Å². The van der Waals surface area contributed by atoms with E-state index in [0.29, 0.717) is 13.0 Å². The van der Waals surface area contributed by atoms with E-state index >= 15 is 0 Å². The Morgan fingerprint density at radius 1 is 1.19 bits per heavy atom. The summed E-state index contributed by atoms with van der Waals surface area (Å²) in [7, 11) is 0. The standard InChI is InChI=1S/C16H18N4O/c1-3-14-18-11(2)13-4-5-15(21)20(16(13)19-14)10-12-6-8-17-9-7-12/h6-9H,3-5,10H2,1-2H3. The summed E-state index contributed by atoms with van der Waals surface area (Å²) in [5.74, 6) is 1.70. The average Bonchev–Trinajstić information content (AvgIpc) is 2.51. The van der Waals surface area contributed by atoms with Crippen molar-refractivity contribution >= 4 is 11.7 Å². The molecule has 1 amide bonds. The van der Waals surface area contributed by atoms with Crippen molar-refractivity contribution in [2.24, 2.45) is 0 Å². The maximum absolute atomic E-state index is 12.3. The number of aryl methyl sites for hydroxylation is 2. The number of carbonyl (C=O) groups is 1. The van der Waals surface area contributed by atoms with Crippen LogP contribution in [0.3, 0.4) is 0 Å². The highest BCUT2D eigenvalue weighted by atomic mass is 16.2. The zero-order valence-corrected chi connectivity index (χ0v) is 12.3. The summed E-state index contributed by atoms with van der Waals surface area (Å²) in [6.45, 7) is 4.56. The molecule has 0 radical (unpaired) electrons. The Balaban J connectivity index is 2.02. The Bertz CT molecular complexity index is 669. The van der Waals surface area contributed by atoms with E-state index in [1.165, 1.54) is 0 Å². The van der Waals surface area contributed by atoms with Gasteiger partial charge in [0.2, 0.25) is 5.91 Å². The summed E-state index contributed by atoms with van der Waals surface area (Å²) < 4.78 is 0. The van der Waals surface area contributed by atoms with Gasteiger partial charge in [-0.3, -0.25) is 14.7 Å². The van der Waals surface area contributed by atoms with E-state index < -0.39 is 0 Å². The Labute approximate surface area is 124 Å². The van der Waals surface area contributed by atoms with E-state index in [2.05, 4.69) is 15.0 Å². The molecule has 2 aromatic rings. The van der Waals surface area contributed by atoms with Crippen LogP contribution in [0, 0.1) is 6.92 Å². The summed E-state index contributed by atoms with van der Waals surface area (Å²) in [5, 5.41) is 0. The zero-order chi connectivity index (χ0) is 14.8. The molecule has 0 bridgehead atoms. The fourth-order valence-electron chi connectivity index (χ4n) is 2.63. The van der Waals surface area contributed by atoms with Crippen LogP contribution < -0.4 is 4.90 Å². The van der Waals surface area contributed by atoms with Gasteiger partial charge >= 0.3 is 0 Å². The third kappa shape index (κ3) is 2.63. The van der Waals surface area contributed by atoms with E-state index in [1.807, 2.05) is 26.0 Å². The predicted octanol–water partition coefficient (Wildman–Crippen LogP) is 2.22. The second-order valence-corrected chi connectivity index (χ2v) is 5.22. The molecule has 1 aliphatic heterocycles. The molecule has 2 aromatic heterocycles. The SMILES string of the molecule is CCc1nc(C)c2c(n1)N(Cc1ccncc1)C(=O)CC2. The van der Waals surface area contributed by atoms with Crippen molar-refractivity contribution in [3.05, 3.63) is 47.2 Å². The van der Waals surface area contributed by atoms with Gasteiger partial charge in [-0.05, 0) is 31.0 Å². The smallest absolute Gasteiger partial charge is 0.228 e. The molecular formula is C16H18N4O. The minimum absolute atomic E-state index is 0.125. The molecule has 0 spiro atoms. The van der Waals surface area contributed by atoms with E-state index in [4.69, 9.17) is 0 Å². The third-order valence-electron chi connectivity index (χ3n) is 3.79. The Morgan fingerprint density at radius 2 is 1.95 bits per heavy atom. The highest BCUT2D eigenvalue weighted by Crippen LogP contribution is 2.29. The van der Waals surface area contributed by atoms with Crippen molar-refractivity contribution in [2.45, 2.75) is 39.7 Å². The van der Waals surface area contributed by atoms with Crippen LogP contribution in [0.15, 0.2) is 24.5 Å². The number of carbonyl (C=O) groups excluding carboxylic acids is 1. The normalized spacial score (nSPS) is 14.2. The molecule has 3 heterocycles. The van der Waals surface area contributed by atoms with E-state index in [9.17, 15) is 4.79 Å². The van der Waals surface area contributed by atoms with Gasteiger partial charge in [-0.15, -0.1) is 0 Å². The van der Waals surface area contributed by atoms with Crippen LogP contribution in [-0.4, -0.2) is 20.9 Å². The van der Waals surface area contributed by atoms with Crippen LogP contribution >= 0.6 is 0 Å². The molecule has 0 saturated carbocycles. The van der Waals surface area contributed by atoms with E-state index in [0.717, 1.165) is 41.3 Å². The van der Waals surface area contributed by atoms with Gasteiger partial charge in [0.15, 0.2) is 0 Å². The van der Waals surface area contributed by atoms with Gasteiger partial charge in [0.25, 0.3) is 0 Å². The van der Waals surface area contributed by atoms with Gasteiger partial charge in [-0.2, -0.15) is 0 Å². The minimum Gasteiger partial charge on any atom is -0.292 e. The van der Waals surface area contributed by atoms with Gasteiger partial charge in [-0.25, -0.2) is 9.97 Å². The molecule has 0 aromatic carbocycles. The lowest BCUT2D eigenvalue weighted by Crippen LogP contribution is -2.36. The van der Waals surface area contributed by atoms with Crippen LogP contribution in [0.1, 0.15) is 36.0 Å². The molecule has 1 aliphatic rings. The molecule has 5 nitrogen and oxygen atoms in total. The predicted molar refractivity (Wildman–Crippen MR) is 79.9 cm³/mol. The number of hydrogen-bond acceptors (Lipinski definition) is 4. The maximum atomic E-state index is 12.3. The third-order valence-corrected chi connectivity index (χ3v) is 3.79. The lowest BCUT2D eigenvalue weighted by molar-refractivity contribution is -0.119. The molecule has 3 rings (SSSR count). The molecule has 108 valence electrons. The largest absolute Gasteiger partial charge is 0.292 e. The topological polar surface area (TPSA) is 59.0 Å². The monoisotopic (exact) mass is 282 g/mol. The lowest BCUT2D eigenvalue weighted by Gasteiger charge is -2.29. The summed E-state index contributed by atoms with van der Waals surface area (Å²) in [4.78, 5) is 27.2. The number of fused-ring (bicyclic) bond motifs is 1. The Kier molecular flexibility index (Phi) is 3.64. The van der Waals surface area contributed by atoms with Crippen molar-refractivity contribution in [2.75, 3.05) is 4.90 Å².